The third kappa shape index (κ3) is 4.41. The van der Waals surface area contributed by atoms with Gasteiger partial charge in [0.15, 0.2) is 0 Å². The van der Waals surface area contributed by atoms with E-state index < -0.39 is 23.6 Å². The summed E-state index contributed by atoms with van der Waals surface area (Å²) < 4.78 is 26.0. The minimum Gasteiger partial charge on any atom is -0.480 e. The second-order valence-electron chi connectivity index (χ2n) is 4.40. The van der Waals surface area contributed by atoms with Crippen molar-refractivity contribution in [3.63, 3.8) is 0 Å². The average Bonchev–Trinajstić information content (AvgIpc) is 2.27. The molecular formula is C13H17F2NO2. The van der Waals surface area contributed by atoms with Crippen LogP contribution < -0.4 is 5.32 Å². The zero-order valence-corrected chi connectivity index (χ0v) is 10.4. The summed E-state index contributed by atoms with van der Waals surface area (Å²) in [5.41, 5.74) is 0.438. The standard InChI is InChI=1S/C13H17F2NO2/c1-8(16-9(2)13(17)18)3-4-10-5-6-11(14)7-12(10)15/h5-9,16H,3-4H2,1-2H3,(H,17,18)/t8?,9-/m1/s1. The van der Waals surface area contributed by atoms with Gasteiger partial charge in [-0.05, 0) is 38.3 Å². The predicted octanol–water partition coefficient (Wildman–Crippen LogP) is 2.35. The molecule has 0 amide bonds. The van der Waals surface area contributed by atoms with Gasteiger partial charge in [0.05, 0.1) is 0 Å². The summed E-state index contributed by atoms with van der Waals surface area (Å²) in [6.45, 7) is 3.39. The van der Waals surface area contributed by atoms with E-state index in [1.54, 1.807) is 6.92 Å². The van der Waals surface area contributed by atoms with Gasteiger partial charge in [0.2, 0.25) is 0 Å². The van der Waals surface area contributed by atoms with Crippen LogP contribution in [0.3, 0.4) is 0 Å². The first-order valence-corrected chi connectivity index (χ1v) is 5.83. The number of carbonyl (C=O) groups is 1. The Kier molecular flexibility index (Phi) is 5.22. The molecule has 0 aliphatic carbocycles. The van der Waals surface area contributed by atoms with Crippen LogP contribution in [0.15, 0.2) is 18.2 Å². The number of benzene rings is 1. The van der Waals surface area contributed by atoms with E-state index in [2.05, 4.69) is 5.32 Å². The molecule has 0 saturated heterocycles. The molecule has 0 fully saturated rings. The molecule has 5 heteroatoms. The molecule has 0 radical (unpaired) electrons. The lowest BCUT2D eigenvalue weighted by Crippen LogP contribution is -2.40. The van der Waals surface area contributed by atoms with Crippen LogP contribution in [0.25, 0.3) is 0 Å². The Balaban J connectivity index is 2.47. The highest BCUT2D eigenvalue weighted by Crippen LogP contribution is 2.12. The summed E-state index contributed by atoms with van der Waals surface area (Å²) >= 11 is 0. The van der Waals surface area contributed by atoms with Crippen molar-refractivity contribution in [2.45, 2.75) is 38.8 Å². The molecule has 100 valence electrons. The summed E-state index contributed by atoms with van der Waals surface area (Å²) in [5.74, 6) is -2.08. The molecule has 1 aromatic carbocycles. The Morgan fingerprint density at radius 2 is 2.06 bits per heavy atom. The highest BCUT2D eigenvalue weighted by atomic mass is 19.1. The van der Waals surface area contributed by atoms with E-state index in [1.165, 1.54) is 12.1 Å². The van der Waals surface area contributed by atoms with E-state index in [-0.39, 0.29) is 6.04 Å². The Bertz CT molecular complexity index is 423. The smallest absolute Gasteiger partial charge is 0.320 e. The highest BCUT2D eigenvalue weighted by Gasteiger charge is 2.14. The minimum atomic E-state index is -0.921. The van der Waals surface area contributed by atoms with Gasteiger partial charge >= 0.3 is 5.97 Å². The first kappa shape index (κ1) is 14.6. The summed E-state index contributed by atoms with van der Waals surface area (Å²) in [6, 6.07) is 2.79. The lowest BCUT2D eigenvalue weighted by Gasteiger charge is -2.17. The average molecular weight is 257 g/mol. The van der Waals surface area contributed by atoms with Crippen LogP contribution in [-0.4, -0.2) is 23.2 Å². The fourth-order valence-corrected chi connectivity index (χ4v) is 1.68. The molecule has 0 aromatic heterocycles. The lowest BCUT2D eigenvalue weighted by atomic mass is 10.0. The molecule has 0 saturated carbocycles. The van der Waals surface area contributed by atoms with Gasteiger partial charge in [-0.3, -0.25) is 4.79 Å². The number of halogens is 2. The first-order chi connectivity index (χ1) is 8.40. The monoisotopic (exact) mass is 257 g/mol. The van der Waals surface area contributed by atoms with Crippen LogP contribution in [0.1, 0.15) is 25.8 Å². The highest BCUT2D eigenvalue weighted by molar-refractivity contribution is 5.72. The molecule has 2 N–H and O–H groups in total. The van der Waals surface area contributed by atoms with E-state index in [0.29, 0.717) is 18.4 Å². The van der Waals surface area contributed by atoms with Crippen LogP contribution in [-0.2, 0) is 11.2 Å². The van der Waals surface area contributed by atoms with Crippen molar-refractivity contribution in [2.75, 3.05) is 0 Å². The lowest BCUT2D eigenvalue weighted by molar-refractivity contribution is -0.139. The number of aryl methyl sites for hydroxylation is 1. The largest absolute Gasteiger partial charge is 0.480 e. The number of carboxylic acid groups (broad SMARTS) is 1. The molecule has 0 spiro atoms. The topological polar surface area (TPSA) is 49.3 Å². The van der Waals surface area contributed by atoms with Gasteiger partial charge in [0.25, 0.3) is 0 Å². The summed E-state index contributed by atoms with van der Waals surface area (Å²) in [6.07, 6.45) is 1.02. The van der Waals surface area contributed by atoms with Crippen molar-refractivity contribution in [3.8, 4) is 0 Å². The SMILES string of the molecule is CC(CCc1ccc(F)cc1F)N[C@H](C)C(=O)O. The molecular weight excluding hydrogens is 240 g/mol. The molecule has 0 bridgehead atoms. The Morgan fingerprint density at radius 3 is 2.61 bits per heavy atom. The normalized spacial score (nSPS) is 14.2. The van der Waals surface area contributed by atoms with Gasteiger partial charge in [-0.25, -0.2) is 8.78 Å². The molecule has 2 atom stereocenters. The second-order valence-corrected chi connectivity index (χ2v) is 4.40. The van der Waals surface area contributed by atoms with Gasteiger partial charge in [0, 0.05) is 12.1 Å². The fraction of sp³-hybridized carbons (Fsp3) is 0.462. The van der Waals surface area contributed by atoms with E-state index in [0.717, 1.165) is 6.07 Å². The van der Waals surface area contributed by atoms with Crippen LogP contribution in [0.4, 0.5) is 8.78 Å². The number of aliphatic carboxylic acids is 1. The molecule has 1 unspecified atom stereocenters. The summed E-state index contributed by atoms with van der Waals surface area (Å²) in [5, 5.41) is 11.6. The maximum Gasteiger partial charge on any atom is 0.320 e. The Labute approximate surface area is 105 Å². The van der Waals surface area contributed by atoms with Crippen molar-refractivity contribution in [1.82, 2.24) is 5.32 Å². The third-order valence-corrected chi connectivity index (χ3v) is 2.77. The number of hydrogen-bond donors (Lipinski definition) is 2. The zero-order valence-electron chi connectivity index (χ0n) is 10.4. The minimum absolute atomic E-state index is 0.0550. The predicted molar refractivity (Wildman–Crippen MR) is 64.4 cm³/mol. The van der Waals surface area contributed by atoms with E-state index >= 15 is 0 Å². The van der Waals surface area contributed by atoms with Crippen LogP contribution >= 0.6 is 0 Å². The maximum absolute atomic E-state index is 13.3. The number of rotatable bonds is 6. The van der Waals surface area contributed by atoms with E-state index in [4.69, 9.17) is 5.11 Å². The van der Waals surface area contributed by atoms with Crippen molar-refractivity contribution < 1.29 is 18.7 Å². The molecule has 3 nitrogen and oxygen atoms in total. The van der Waals surface area contributed by atoms with Crippen molar-refractivity contribution in [1.29, 1.82) is 0 Å². The number of carboxylic acids is 1. The van der Waals surface area contributed by atoms with Crippen LogP contribution in [0, 0.1) is 11.6 Å². The molecule has 1 aromatic rings. The van der Waals surface area contributed by atoms with Crippen LogP contribution in [0.2, 0.25) is 0 Å². The Morgan fingerprint density at radius 1 is 1.39 bits per heavy atom. The van der Waals surface area contributed by atoms with Gasteiger partial charge in [-0.2, -0.15) is 0 Å². The van der Waals surface area contributed by atoms with Gasteiger partial charge in [-0.15, -0.1) is 0 Å². The molecule has 0 heterocycles. The molecule has 0 aliphatic rings. The zero-order chi connectivity index (χ0) is 13.7. The molecule has 1 rings (SSSR count). The third-order valence-electron chi connectivity index (χ3n) is 2.77. The van der Waals surface area contributed by atoms with Crippen molar-refractivity contribution in [3.05, 3.63) is 35.4 Å². The quantitative estimate of drug-likeness (QED) is 0.822. The van der Waals surface area contributed by atoms with Gasteiger partial charge in [0.1, 0.15) is 17.7 Å². The van der Waals surface area contributed by atoms with Gasteiger partial charge < -0.3 is 10.4 Å². The molecule has 18 heavy (non-hydrogen) atoms. The summed E-state index contributed by atoms with van der Waals surface area (Å²) in [4.78, 5) is 10.6. The van der Waals surface area contributed by atoms with E-state index in [9.17, 15) is 13.6 Å². The summed E-state index contributed by atoms with van der Waals surface area (Å²) in [7, 11) is 0. The first-order valence-electron chi connectivity index (χ1n) is 5.83. The number of hydrogen-bond acceptors (Lipinski definition) is 2. The Hall–Kier alpha value is -1.49. The second kappa shape index (κ2) is 6.44. The molecule has 0 aliphatic heterocycles. The van der Waals surface area contributed by atoms with Crippen LogP contribution in [0.5, 0.6) is 0 Å². The number of nitrogens with one attached hydrogen (secondary N) is 1. The van der Waals surface area contributed by atoms with Gasteiger partial charge in [-0.1, -0.05) is 6.07 Å². The fourth-order valence-electron chi connectivity index (χ4n) is 1.68. The van der Waals surface area contributed by atoms with Crippen molar-refractivity contribution >= 4 is 5.97 Å². The van der Waals surface area contributed by atoms with E-state index in [1.807, 2.05) is 6.92 Å². The van der Waals surface area contributed by atoms with Crippen molar-refractivity contribution in [2.24, 2.45) is 0 Å². The maximum atomic E-state index is 13.3.